The molecule has 3 atom stereocenters. The minimum atomic E-state index is 0.0810. The van der Waals surface area contributed by atoms with Crippen LogP contribution in [0.1, 0.15) is 33.1 Å². The Bertz CT molecular complexity index is 161. The maximum atomic E-state index is 5.84. The second-order valence-corrected chi connectivity index (χ2v) is 4.30. The van der Waals surface area contributed by atoms with E-state index >= 15 is 0 Å². The fourth-order valence-electron chi connectivity index (χ4n) is 2.48. The maximum Gasteiger partial charge on any atom is 0.0944 e. The Hall–Kier alpha value is -0.0800. The zero-order chi connectivity index (χ0) is 8.60. The van der Waals surface area contributed by atoms with Crippen LogP contribution in [0.2, 0.25) is 0 Å². The zero-order valence-corrected chi connectivity index (χ0v) is 8.01. The molecule has 2 aliphatic rings. The molecule has 70 valence electrons. The molecule has 0 aromatic rings. The Morgan fingerprint density at radius 3 is 2.83 bits per heavy atom. The quantitative estimate of drug-likeness (QED) is 0.553. The second-order valence-electron chi connectivity index (χ2n) is 4.30. The van der Waals surface area contributed by atoms with Crippen molar-refractivity contribution in [3.8, 4) is 0 Å². The van der Waals surface area contributed by atoms with Crippen molar-refractivity contribution in [2.24, 2.45) is 5.92 Å². The highest BCUT2D eigenvalue weighted by Gasteiger charge is 2.44. The smallest absolute Gasteiger partial charge is 0.0944 e. The van der Waals surface area contributed by atoms with E-state index < -0.39 is 0 Å². The van der Waals surface area contributed by atoms with Gasteiger partial charge in [-0.1, -0.05) is 6.92 Å². The topological polar surface area (TPSA) is 18.5 Å². The highest BCUT2D eigenvalue weighted by atomic mass is 16.6. The predicted octanol–water partition coefficient (Wildman–Crippen LogP) is 1.98. The molecule has 2 saturated heterocycles. The average Bonchev–Trinajstić information content (AvgIpc) is 2.48. The molecule has 12 heavy (non-hydrogen) atoms. The van der Waals surface area contributed by atoms with Gasteiger partial charge in [0.1, 0.15) is 0 Å². The van der Waals surface area contributed by atoms with Crippen molar-refractivity contribution in [1.29, 1.82) is 0 Å². The lowest BCUT2D eigenvalue weighted by atomic mass is 9.83. The molecule has 0 aromatic heterocycles. The molecule has 2 nitrogen and oxygen atoms in total. The average molecular weight is 170 g/mol. The normalized spacial score (nSPS) is 48.5. The van der Waals surface area contributed by atoms with Crippen LogP contribution in [0.15, 0.2) is 0 Å². The summed E-state index contributed by atoms with van der Waals surface area (Å²) in [5, 5.41) is 0. The van der Waals surface area contributed by atoms with Crippen molar-refractivity contribution in [1.82, 2.24) is 0 Å². The minimum Gasteiger partial charge on any atom is -0.375 e. The second kappa shape index (κ2) is 3.00. The summed E-state index contributed by atoms with van der Waals surface area (Å²) in [5.41, 5.74) is 0.0810. The summed E-state index contributed by atoms with van der Waals surface area (Å²) in [4.78, 5) is 0. The van der Waals surface area contributed by atoms with E-state index in [9.17, 15) is 0 Å². The van der Waals surface area contributed by atoms with E-state index in [0.717, 1.165) is 13.2 Å². The van der Waals surface area contributed by atoms with Crippen LogP contribution in [-0.4, -0.2) is 24.9 Å². The van der Waals surface area contributed by atoms with Gasteiger partial charge in [-0.05, 0) is 32.1 Å². The molecule has 0 bridgehead atoms. The van der Waals surface area contributed by atoms with Gasteiger partial charge in [-0.25, -0.2) is 0 Å². The van der Waals surface area contributed by atoms with Crippen LogP contribution in [0, 0.1) is 5.92 Å². The summed E-state index contributed by atoms with van der Waals surface area (Å²) >= 11 is 0. The molecular formula is C10H18O2. The van der Waals surface area contributed by atoms with Crippen LogP contribution in [0.5, 0.6) is 0 Å². The largest absolute Gasteiger partial charge is 0.375 e. The van der Waals surface area contributed by atoms with Gasteiger partial charge in [-0.15, -0.1) is 0 Å². The van der Waals surface area contributed by atoms with E-state index in [0.29, 0.717) is 12.0 Å². The number of ether oxygens (including phenoxy) is 2. The van der Waals surface area contributed by atoms with Crippen LogP contribution in [0.25, 0.3) is 0 Å². The standard InChI is InChI=1S/C10H18O2/c1-8-6-10(4-3-5-12-10)9(2)11-7-8/h8-9H,3-7H2,1-2H3. The molecule has 2 fully saturated rings. The van der Waals surface area contributed by atoms with Crippen LogP contribution in [0.4, 0.5) is 0 Å². The fourth-order valence-corrected chi connectivity index (χ4v) is 2.48. The van der Waals surface area contributed by atoms with Gasteiger partial charge in [0, 0.05) is 13.2 Å². The molecule has 0 aliphatic carbocycles. The lowest BCUT2D eigenvalue weighted by molar-refractivity contribution is -0.161. The van der Waals surface area contributed by atoms with Gasteiger partial charge in [0.15, 0.2) is 0 Å². The van der Waals surface area contributed by atoms with Gasteiger partial charge in [-0.3, -0.25) is 0 Å². The Balaban J connectivity index is 2.09. The Kier molecular flexibility index (Phi) is 2.13. The van der Waals surface area contributed by atoms with Gasteiger partial charge in [0.25, 0.3) is 0 Å². The summed E-state index contributed by atoms with van der Waals surface area (Å²) < 4.78 is 11.5. The summed E-state index contributed by atoms with van der Waals surface area (Å²) in [5.74, 6) is 0.666. The summed E-state index contributed by atoms with van der Waals surface area (Å²) in [6.45, 7) is 6.24. The first-order chi connectivity index (χ1) is 5.73. The van der Waals surface area contributed by atoms with E-state index in [1.807, 2.05) is 0 Å². The lowest BCUT2D eigenvalue weighted by Crippen LogP contribution is -2.47. The Labute approximate surface area is 74.2 Å². The first-order valence-electron chi connectivity index (χ1n) is 4.98. The van der Waals surface area contributed by atoms with Crippen LogP contribution in [0.3, 0.4) is 0 Å². The maximum absolute atomic E-state index is 5.84. The van der Waals surface area contributed by atoms with Crippen LogP contribution < -0.4 is 0 Å². The zero-order valence-electron chi connectivity index (χ0n) is 8.01. The third-order valence-corrected chi connectivity index (χ3v) is 3.20. The summed E-state index contributed by atoms with van der Waals surface area (Å²) in [7, 11) is 0. The molecule has 0 amide bonds. The van der Waals surface area contributed by atoms with Gasteiger partial charge in [0.05, 0.1) is 11.7 Å². The lowest BCUT2D eigenvalue weighted by Gasteiger charge is -2.41. The third kappa shape index (κ3) is 1.27. The molecule has 0 aromatic carbocycles. The Morgan fingerprint density at radius 1 is 1.33 bits per heavy atom. The molecule has 2 aliphatic heterocycles. The molecule has 0 radical (unpaired) electrons. The van der Waals surface area contributed by atoms with Crippen LogP contribution in [-0.2, 0) is 9.47 Å². The molecule has 2 heteroatoms. The van der Waals surface area contributed by atoms with Crippen molar-refractivity contribution in [3.05, 3.63) is 0 Å². The summed E-state index contributed by atoms with van der Waals surface area (Å²) in [6, 6.07) is 0. The number of rotatable bonds is 0. The monoisotopic (exact) mass is 170 g/mol. The molecular weight excluding hydrogens is 152 g/mol. The van der Waals surface area contributed by atoms with E-state index in [4.69, 9.17) is 9.47 Å². The molecule has 0 saturated carbocycles. The van der Waals surface area contributed by atoms with Crippen molar-refractivity contribution in [2.45, 2.75) is 44.8 Å². The van der Waals surface area contributed by atoms with E-state index in [-0.39, 0.29) is 5.60 Å². The predicted molar refractivity (Wildman–Crippen MR) is 47.1 cm³/mol. The minimum absolute atomic E-state index is 0.0810. The molecule has 2 heterocycles. The highest BCUT2D eigenvalue weighted by Crippen LogP contribution is 2.39. The summed E-state index contributed by atoms with van der Waals surface area (Å²) in [6.07, 6.45) is 3.89. The third-order valence-electron chi connectivity index (χ3n) is 3.20. The number of hydrogen-bond acceptors (Lipinski definition) is 2. The van der Waals surface area contributed by atoms with Crippen molar-refractivity contribution in [2.75, 3.05) is 13.2 Å². The van der Waals surface area contributed by atoms with Gasteiger partial charge >= 0.3 is 0 Å². The Morgan fingerprint density at radius 2 is 2.17 bits per heavy atom. The van der Waals surface area contributed by atoms with Crippen molar-refractivity contribution >= 4 is 0 Å². The van der Waals surface area contributed by atoms with Crippen molar-refractivity contribution in [3.63, 3.8) is 0 Å². The van der Waals surface area contributed by atoms with Gasteiger partial charge in [-0.2, -0.15) is 0 Å². The molecule has 0 N–H and O–H groups in total. The SMILES string of the molecule is CC1COC(C)C2(CCCO2)C1. The van der Waals surface area contributed by atoms with E-state index in [1.54, 1.807) is 0 Å². The number of hydrogen-bond donors (Lipinski definition) is 0. The highest BCUT2D eigenvalue weighted by molar-refractivity contribution is 4.94. The van der Waals surface area contributed by atoms with E-state index in [1.165, 1.54) is 19.3 Å². The molecule has 1 spiro atoms. The van der Waals surface area contributed by atoms with E-state index in [2.05, 4.69) is 13.8 Å². The van der Waals surface area contributed by atoms with Crippen LogP contribution >= 0.6 is 0 Å². The first kappa shape index (κ1) is 8.52. The van der Waals surface area contributed by atoms with Gasteiger partial charge < -0.3 is 9.47 Å². The van der Waals surface area contributed by atoms with Gasteiger partial charge in [0.2, 0.25) is 0 Å². The molecule has 2 rings (SSSR count). The molecule has 3 unspecified atom stereocenters. The first-order valence-corrected chi connectivity index (χ1v) is 4.98. The fraction of sp³-hybridized carbons (Fsp3) is 1.00. The van der Waals surface area contributed by atoms with Crippen molar-refractivity contribution < 1.29 is 9.47 Å².